The summed E-state index contributed by atoms with van der Waals surface area (Å²) in [5, 5.41) is 10.6. The fraction of sp³-hybridized carbons (Fsp3) is 0.550. The average molecular weight is 345 g/mol. The molecule has 136 valence electrons. The van der Waals surface area contributed by atoms with Crippen LogP contribution < -0.4 is 0 Å². The summed E-state index contributed by atoms with van der Waals surface area (Å²) in [6.45, 7) is 3.96. The number of aliphatic hydroxyl groups excluding tert-OH is 1. The number of hydrogen-bond acceptors (Lipinski definition) is 4. The van der Waals surface area contributed by atoms with E-state index in [2.05, 4.69) is 0 Å². The van der Waals surface area contributed by atoms with Crippen LogP contribution in [0.25, 0.3) is 0 Å². The first kappa shape index (κ1) is 19.3. The summed E-state index contributed by atoms with van der Waals surface area (Å²) in [5.74, 6) is -1.28. The Labute approximate surface area is 149 Å². The summed E-state index contributed by atoms with van der Waals surface area (Å²) in [5.41, 5.74) is 0.764. The summed E-state index contributed by atoms with van der Waals surface area (Å²) in [4.78, 5) is 37.8. The van der Waals surface area contributed by atoms with Crippen molar-refractivity contribution in [3.8, 4) is 0 Å². The van der Waals surface area contributed by atoms with E-state index in [-0.39, 0.29) is 42.8 Å². The molecule has 1 heterocycles. The quantitative estimate of drug-likeness (QED) is 0.735. The van der Waals surface area contributed by atoms with Crippen LogP contribution in [0.15, 0.2) is 30.3 Å². The minimum Gasteiger partial charge on any atom is -0.392 e. The molecule has 0 radical (unpaired) electrons. The Bertz CT molecular complexity index is 595. The minimum atomic E-state index is -0.896. The van der Waals surface area contributed by atoms with Gasteiger partial charge in [-0.2, -0.15) is 0 Å². The molecule has 2 unspecified atom stereocenters. The lowest BCUT2D eigenvalue weighted by molar-refractivity contribution is -0.150. The number of Topliss-reactive ketones (excluding diaryl/α,β-unsaturated/α-hetero) is 1. The van der Waals surface area contributed by atoms with Gasteiger partial charge in [0.05, 0.1) is 12.0 Å². The standard InChI is InChI=1S/C20H27NO4/c1-3-4-10-21-18(24)12-15(13-19(21)25)11-17(23)20(14(2)22)16-8-6-5-7-9-16/h5-9,15,17,20,23H,3-4,10-13H2,1-2H3. The molecule has 5 nitrogen and oxygen atoms in total. The highest BCUT2D eigenvalue weighted by atomic mass is 16.3. The number of aliphatic hydroxyl groups is 1. The third-order valence-electron chi connectivity index (χ3n) is 4.82. The zero-order valence-electron chi connectivity index (χ0n) is 15.0. The molecule has 25 heavy (non-hydrogen) atoms. The zero-order valence-corrected chi connectivity index (χ0v) is 15.0. The number of piperidine rings is 1. The van der Waals surface area contributed by atoms with E-state index < -0.39 is 12.0 Å². The molecule has 5 heteroatoms. The number of likely N-dealkylation sites (tertiary alicyclic amines) is 1. The number of carbonyl (C=O) groups is 3. The molecule has 1 aromatic rings. The number of imide groups is 1. The second-order valence-corrected chi connectivity index (χ2v) is 6.87. The van der Waals surface area contributed by atoms with Crippen molar-refractivity contribution in [3.63, 3.8) is 0 Å². The molecule has 1 aliphatic rings. The minimum absolute atomic E-state index is 0.114. The van der Waals surface area contributed by atoms with Crippen LogP contribution in [0.4, 0.5) is 0 Å². The van der Waals surface area contributed by atoms with Crippen LogP contribution in [-0.2, 0) is 14.4 Å². The molecule has 1 saturated heterocycles. The first-order chi connectivity index (χ1) is 11.9. The molecular weight excluding hydrogens is 318 g/mol. The summed E-state index contributed by atoms with van der Waals surface area (Å²) in [6, 6.07) is 9.16. The van der Waals surface area contributed by atoms with Crippen LogP contribution in [0.2, 0.25) is 0 Å². The number of ketones is 1. The van der Waals surface area contributed by atoms with Crippen molar-refractivity contribution in [1.82, 2.24) is 4.90 Å². The number of carbonyl (C=O) groups excluding carboxylic acids is 3. The Balaban J connectivity index is 2.02. The molecule has 0 spiro atoms. The zero-order chi connectivity index (χ0) is 18.4. The van der Waals surface area contributed by atoms with E-state index in [1.54, 1.807) is 0 Å². The fourth-order valence-electron chi connectivity index (χ4n) is 3.52. The number of unbranched alkanes of at least 4 members (excludes halogenated alkanes) is 1. The Hall–Kier alpha value is -2.01. The Kier molecular flexibility index (Phi) is 6.88. The van der Waals surface area contributed by atoms with Gasteiger partial charge in [0, 0.05) is 19.4 Å². The Morgan fingerprint density at radius 3 is 2.32 bits per heavy atom. The number of rotatable bonds is 8. The van der Waals surface area contributed by atoms with E-state index in [0.717, 1.165) is 18.4 Å². The fourth-order valence-corrected chi connectivity index (χ4v) is 3.52. The average Bonchev–Trinajstić information content (AvgIpc) is 2.55. The lowest BCUT2D eigenvalue weighted by Crippen LogP contribution is -2.44. The number of amides is 2. The molecule has 0 aliphatic carbocycles. The van der Waals surface area contributed by atoms with E-state index in [4.69, 9.17) is 0 Å². The van der Waals surface area contributed by atoms with Crippen LogP contribution in [0.5, 0.6) is 0 Å². The van der Waals surface area contributed by atoms with E-state index in [9.17, 15) is 19.5 Å². The monoisotopic (exact) mass is 345 g/mol. The molecule has 1 fully saturated rings. The van der Waals surface area contributed by atoms with Crippen molar-refractivity contribution < 1.29 is 19.5 Å². The van der Waals surface area contributed by atoms with E-state index in [1.807, 2.05) is 37.3 Å². The second-order valence-electron chi connectivity index (χ2n) is 6.87. The predicted molar refractivity (Wildman–Crippen MR) is 94.8 cm³/mol. The normalized spacial score (nSPS) is 18.3. The van der Waals surface area contributed by atoms with Crippen LogP contribution in [0, 0.1) is 5.92 Å². The lowest BCUT2D eigenvalue weighted by Gasteiger charge is -2.32. The van der Waals surface area contributed by atoms with E-state index in [1.165, 1.54) is 11.8 Å². The highest BCUT2D eigenvalue weighted by molar-refractivity contribution is 5.97. The van der Waals surface area contributed by atoms with Crippen molar-refractivity contribution >= 4 is 17.6 Å². The van der Waals surface area contributed by atoms with Gasteiger partial charge < -0.3 is 5.11 Å². The molecule has 2 rings (SSSR count). The summed E-state index contributed by atoms with van der Waals surface area (Å²) < 4.78 is 0. The van der Waals surface area contributed by atoms with Crippen LogP contribution in [0.3, 0.4) is 0 Å². The molecule has 0 bridgehead atoms. The summed E-state index contributed by atoms with van der Waals surface area (Å²) >= 11 is 0. The second kappa shape index (κ2) is 8.90. The van der Waals surface area contributed by atoms with Gasteiger partial charge in [-0.15, -0.1) is 0 Å². The molecule has 2 atom stereocenters. The van der Waals surface area contributed by atoms with Crippen LogP contribution >= 0.6 is 0 Å². The third-order valence-corrected chi connectivity index (χ3v) is 4.82. The predicted octanol–water partition coefficient (Wildman–Crippen LogP) is 2.68. The molecule has 1 aliphatic heterocycles. The third kappa shape index (κ3) is 4.98. The SMILES string of the molecule is CCCCN1C(=O)CC(CC(O)C(C(C)=O)c2ccccc2)CC1=O. The van der Waals surface area contributed by atoms with Crippen molar-refractivity contribution in [1.29, 1.82) is 0 Å². The van der Waals surface area contributed by atoms with Gasteiger partial charge in [0.2, 0.25) is 11.8 Å². The Morgan fingerprint density at radius 1 is 1.20 bits per heavy atom. The number of hydrogen-bond donors (Lipinski definition) is 1. The first-order valence-electron chi connectivity index (χ1n) is 9.00. The van der Waals surface area contributed by atoms with Gasteiger partial charge >= 0.3 is 0 Å². The molecule has 1 aromatic carbocycles. The van der Waals surface area contributed by atoms with Crippen molar-refractivity contribution in [2.75, 3.05) is 6.54 Å². The maximum absolute atomic E-state index is 12.2. The Morgan fingerprint density at radius 2 is 1.80 bits per heavy atom. The maximum atomic E-state index is 12.2. The lowest BCUT2D eigenvalue weighted by atomic mass is 9.82. The number of nitrogens with zero attached hydrogens (tertiary/aromatic N) is 1. The van der Waals surface area contributed by atoms with Crippen molar-refractivity contribution in [2.24, 2.45) is 5.92 Å². The topological polar surface area (TPSA) is 74.7 Å². The smallest absolute Gasteiger partial charge is 0.229 e. The van der Waals surface area contributed by atoms with Gasteiger partial charge in [-0.05, 0) is 31.2 Å². The van der Waals surface area contributed by atoms with Gasteiger partial charge in [-0.25, -0.2) is 0 Å². The number of benzene rings is 1. The van der Waals surface area contributed by atoms with Gasteiger partial charge in [0.1, 0.15) is 5.78 Å². The molecule has 0 saturated carbocycles. The van der Waals surface area contributed by atoms with Crippen LogP contribution in [-0.4, -0.2) is 40.3 Å². The summed E-state index contributed by atoms with van der Waals surface area (Å²) in [6.07, 6.45) is 1.63. The molecule has 2 amide bonds. The van der Waals surface area contributed by atoms with Gasteiger partial charge in [0.15, 0.2) is 0 Å². The molecular formula is C20H27NO4. The van der Waals surface area contributed by atoms with Gasteiger partial charge in [0.25, 0.3) is 0 Å². The molecule has 1 N–H and O–H groups in total. The maximum Gasteiger partial charge on any atom is 0.229 e. The van der Waals surface area contributed by atoms with Crippen molar-refractivity contribution in [2.45, 2.75) is 58.0 Å². The van der Waals surface area contributed by atoms with Crippen LogP contribution in [0.1, 0.15) is 57.4 Å². The first-order valence-corrected chi connectivity index (χ1v) is 9.00. The highest BCUT2D eigenvalue weighted by Gasteiger charge is 2.35. The van der Waals surface area contributed by atoms with Crippen molar-refractivity contribution in [3.05, 3.63) is 35.9 Å². The molecule has 0 aromatic heterocycles. The highest BCUT2D eigenvalue weighted by Crippen LogP contribution is 2.30. The largest absolute Gasteiger partial charge is 0.392 e. The van der Waals surface area contributed by atoms with E-state index >= 15 is 0 Å². The van der Waals surface area contributed by atoms with E-state index in [0.29, 0.717) is 6.54 Å². The van der Waals surface area contributed by atoms with Gasteiger partial charge in [-0.1, -0.05) is 43.7 Å². The van der Waals surface area contributed by atoms with Gasteiger partial charge in [-0.3, -0.25) is 19.3 Å². The summed E-state index contributed by atoms with van der Waals surface area (Å²) in [7, 11) is 0.